The molecule has 2 rings (SSSR count). The summed E-state index contributed by atoms with van der Waals surface area (Å²) in [5.74, 6) is -2.42. The monoisotopic (exact) mass is 262 g/mol. The maximum absolute atomic E-state index is 13.5. The van der Waals surface area contributed by atoms with Gasteiger partial charge in [-0.3, -0.25) is 0 Å². The first-order valence-corrected chi connectivity index (χ1v) is 5.70. The molecule has 98 valence electrons. The average molecular weight is 262 g/mol. The Labute approximate surface area is 109 Å². The largest absolute Gasteiger partial charge is 0.478 e. The van der Waals surface area contributed by atoms with Crippen LogP contribution in [0, 0.1) is 25.5 Å². The third-order valence-electron chi connectivity index (χ3n) is 3.01. The lowest BCUT2D eigenvalue weighted by Crippen LogP contribution is -2.02. The zero-order valence-corrected chi connectivity index (χ0v) is 10.5. The molecule has 0 aliphatic rings. The van der Waals surface area contributed by atoms with Gasteiger partial charge in [0.1, 0.15) is 11.6 Å². The summed E-state index contributed by atoms with van der Waals surface area (Å²) in [6, 6.07) is 6.93. The molecule has 0 fully saturated rings. The summed E-state index contributed by atoms with van der Waals surface area (Å²) in [4.78, 5) is 10.9. The molecule has 1 N–H and O–H groups in total. The van der Waals surface area contributed by atoms with E-state index in [0.717, 1.165) is 0 Å². The predicted octanol–water partition coefficient (Wildman–Crippen LogP) is 3.95. The first kappa shape index (κ1) is 13.2. The van der Waals surface area contributed by atoms with E-state index in [1.165, 1.54) is 18.2 Å². The topological polar surface area (TPSA) is 37.3 Å². The molecular weight excluding hydrogens is 250 g/mol. The third kappa shape index (κ3) is 2.47. The Balaban J connectivity index is 2.64. The second-order valence-electron chi connectivity index (χ2n) is 4.42. The highest BCUT2D eigenvalue weighted by atomic mass is 19.1. The van der Waals surface area contributed by atoms with Crippen LogP contribution in [0.2, 0.25) is 0 Å². The number of carbonyl (C=O) groups is 1. The van der Waals surface area contributed by atoms with Crippen molar-refractivity contribution >= 4 is 5.97 Å². The van der Waals surface area contributed by atoms with Crippen LogP contribution in [0.3, 0.4) is 0 Å². The van der Waals surface area contributed by atoms with Gasteiger partial charge in [-0.1, -0.05) is 6.07 Å². The molecule has 0 saturated carbocycles. The smallest absolute Gasteiger partial charge is 0.338 e. The third-order valence-corrected chi connectivity index (χ3v) is 3.01. The zero-order chi connectivity index (χ0) is 14.2. The van der Waals surface area contributed by atoms with E-state index < -0.39 is 11.8 Å². The molecule has 0 saturated heterocycles. The Morgan fingerprint density at radius 1 is 1.00 bits per heavy atom. The fraction of sp³-hybridized carbons (Fsp3) is 0.133. The number of hydrogen-bond donors (Lipinski definition) is 1. The quantitative estimate of drug-likeness (QED) is 0.889. The minimum atomic E-state index is -1.32. The number of halogens is 2. The fourth-order valence-corrected chi connectivity index (χ4v) is 1.96. The second-order valence-corrected chi connectivity index (χ2v) is 4.42. The van der Waals surface area contributed by atoms with Crippen LogP contribution in [0.5, 0.6) is 0 Å². The maximum atomic E-state index is 13.5. The number of carboxylic acid groups (broad SMARTS) is 1. The standard InChI is InChI=1S/C15H12F2O2/c1-8-6-14(17)12(15(18)19)7-11(8)10-3-4-13(16)9(2)5-10/h3-7H,1-2H3,(H,18,19). The fourth-order valence-electron chi connectivity index (χ4n) is 1.96. The summed E-state index contributed by atoms with van der Waals surface area (Å²) in [5, 5.41) is 8.93. The van der Waals surface area contributed by atoms with Gasteiger partial charge in [0, 0.05) is 0 Å². The van der Waals surface area contributed by atoms with E-state index in [9.17, 15) is 13.6 Å². The summed E-state index contributed by atoms with van der Waals surface area (Å²) < 4.78 is 26.7. The number of carboxylic acids is 1. The van der Waals surface area contributed by atoms with Gasteiger partial charge in [0.05, 0.1) is 5.56 Å². The molecule has 0 spiro atoms. The van der Waals surface area contributed by atoms with Crippen LogP contribution in [0.25, 0.3) is 11.1 Å². The zero-order valence-electron chi connectivity index (χ0n) is 10.5. The molecule has 0 aliphatic carbocycles. The van der Waals surface area contributed by atoms with Crippen LogP contribution >= 0.6 is 0 Å². The molecule has 0 amide bonds. The SMILES string of the molecule is Cc1cc(-c2cc(C(=O)O)c(F)cc2C)ccc1F. The molecule has 0 atom stereocenters. The van der Waals surface area contributed by atoms with E-state index in [1.807, 2.05) is 0 Å². The highest BCUT2D eigenvalue weighted by molar-refractivity contribution is 5.90. The van der Waals surface area contributed by atoms with Crippen molar-refractivity contribution in [3.8, 4) is 11.1 Å². The van der Waals surface area contributed by atoms with Gasteiger partial charge >= 0.3 is 5.97 Å². The number of aromatic carboxylic acids is 1. The normalized spacial score (nSPS) is 10.5. The Morgan fingerprint density at radius 3 is 2.26 bits per heavy atom. The van der Waals surface area contributed by atoms with Crippen molar-refractivity contribution in [2.75, 3.05) is 0 Å². The van der Waals surface area contributed by atoms with Crippen molar-refractivity contribution < 1.29 is 18.7 Å². The van der Waals surface area contributed by atoms with Gasteiger partial charge in [-0.15, -0.1) is 0 Å². The second kappa shape index (κ2) is 4.80. The van der Waals surface area contributed by atoms with Crippen LogP contribution in [0.4, 0.5) is 8.78 Å². The van der Waals surface area contributed by atoms with E-state index in [-0.39, 0.29) is 11.4 Å². The molecule has 0 aromatic heterocycles. The van der Waals surface area contributed by atoms with Gasteiger partial charge in [-0.05, 0) is 60.4 Å². The summed E-state index contributed by atoms with van der Waals surface area (Å²) >= 11 is 0. The lowest BCUT2D eigenvalue weighted by atomic mass is 9.96. The molecule has 2 aromatic rings. The minimum absolute atomic E-state index is 0.332. The molecule has 0 aliphatic heterocycles. The Bertz CT molecular complexity index is 663. The van der Waals surface area contributed by atoms with Gasteiger partial charge in [0.25, 0.3) is 0 Å². The van der Waals surface area contributed by atoms with E-state index in [4.69, 9.17) is 5.11 Å². The van der Waals surface area contributed by atoms with Crippen LogP contribution in [0.1, 0.15) is 21.5 Å². The molecule has 0 unspecified atom stereocenters. The number of hydrogen-bond acceptors (Lipinski definition) is 1. The first-order chi connectivity index (χ1) is 8.90. The highest BCUT2D eigenvalue weighted by Gasteiger charge is 2.14. The Morgan fingerprint density at radius 2 is 1.68 bits per heavy atom. The van der Waals surface area contributed by atoms with Gasteiger partial charge in [0.2, 0.25) is 0 Å². The Hall–Kier alpha value is -2.23. The van der Waals surface area contributed by atoms with Crippen molar-refractivity contribution in [1.29, 1.82) is 0 Å². The van der Waals surface area contributed by atoms with Gasteiger partial charge < -0.3 is 5.11 Å². The molecule has 4 heteroatoms. The molecule has 0 heterocycles. The van der Waals surface area contributed by atoms with Crippen LogP contribution < -0.4 is 0 Å². The van der Waals surface area contributed by atoms with E-state index in [2.05, 4.69) is 0 Å². The van der Waals surface area contributed by atoms with Crippen molar-refractivity contribution in [1.82, 2.24) is 0 Å². The maximum Gasteiger partial charge on any atom is 0.338 e. The summed E-state index contributed by atoms with van der Waals surface area (Å²) in [6.45, 7) is 3.30. The molecular formula is C15H12F2O2. The van der Waals surface area contributed by atoms with Crippen molar-refractivity contribution in [3.63, 3.8) is 0 Å². The first-order valence-electron chi connectivity index (χ1n) is 5.70. The molecule has 2 nitrogen and oxygen atoms in total. The average Bonchev–Trinajstić information content (AvgIpc) is 2.32. The van der Waals surface area contributed by atoms with E-state index in [1.54, 1.807) is 26.0 Å². The van der Waals surface area contributed by atoms with Gasteiger partial charge in [-0.2, -0.15) is 0 Å². The van der Waals surface area contributed by atoms with Crippen molar-refractivity contribution in [3.05, 3.63) is 58.7 Å². The highest BCUT2D eigenvalue weighted by Crippen LogP contribution is 2.27. The van der Waals surface area contributed by atoms with Gasteiger partial charge in [0.15, 0.2) is 0 Å². The van der Waals surface area contributed by atoms with Crippen molar-refractivity contribution in [2.24, 2.45) is 0 Å². The molecule has 2 aromatic carbocycles. The van der Waals surface area contributed by atoms with Crippen LogP contribution in [-0.4, -0.2) is 11.1 Å². The lowest BCUT2D eigenvalue weighted by molar-refractivity contribution is 0.0692. The summed E-state index contributed by atoms with van der Waals surface area (Å²) in [6.07, 6.45) is 0. The van der Waals surface area contributed by atoms with Gasteiger partial charge in [-0.25, -0.2) is 13.6 Å². The molecule has 0 bridgehead atoms. The number of rotatable bonds is 2. The summed E-state index contributed by atoms with van der Waals surface area (Å²) in [5.41, 5.74) is 1.93. The predicted molar refractivity (Wildman–Crippen MR) is 68.2 cm³/mol. The summed E-state index contributed by atoms with van der Waals surface area (Å²) in [7, 11) is 0. The molecule has 0 radical (unpaired) electrons. The van der Waals surface area contributed by atoms with Crippen molar-refractivity contribution in [2.45, 2.75) is 13.8 Å². The Kier molecular flexibility index (Phi) is 3.34. The van der Waals surface area contributed by atoms with E-state index in [0.29, 0.717) is 22.3 Å². The van der Waals surface area contributed by atoms with Crippen LogP contribution in [0.15, 0.2) is 30.3 Å². The lowest BCUT2D eigenvalue weighted by Gasteiger charge is -2.09. The number of aryl methyl sites for hydroxylation is 2. The van der Waals surface area contributed by atoms with Crippen LogP contribution in [-0.2, 0) is 0 Å². The molecule has 19 heavy (non-hydrogen) atoms. The minimum Gasteiger partial charge on any atom is -0.478 e. The number of benzene rings is 2. The van der Waals surface area contributed by atoms with E-state index >= 15 is 0 Å².